The van der Waals surface area contributed by atoms with Crippen molar-refractivity contribution in [3.05, 3.63) is 70.7 Å². The highest BCUT2D eigenvalue weighted by atomic mass is 35.5. The number of aryl methyl sites for hydroxylation is 1. The summed E-state index contributed by atoms with van der Waals surface area (Å²) in [5, 5.41) is 13.5. The molecule has 0 saturated heterocycles. The predicted molar refractivity (Wildman–Crippen MR) is 131 cm³/mol. The Balaban J connectivity index is 1.78. The number of hydrogen-bond donors (Lipinski definition) is 3. The summed E-state index contributed by atoms with van der Waals surface area (Å²) < 4.78 is 2.49. The summed E-state index contributed by atoms with van der Waals surface area (Å²) in [6.45, 7) is 0.608. The van der Waals surface area contributed by atoms with Gasteiger partial charge in [-0.3, -0.25) is 0 Å². The van der Waals surface area contributed by atoms with Gasteiger partial charge in [-0.2, -0.15) is 0 Å². The van der Waals surface area contributed by atoms with Crippen LogP contribution >= 0.6 is 22.9 Å². The number of thiophene rings is 1. The molecule has 0 spiro atoms. The average molecular weight is 449 g/mol. The summed E-state index contributed by atoms with van der Waals surface area (Å²) in [4.78, 5) is 15.4. The molecule has 0 aliphatic rings. The number of carboxylic acid groups (broad SMARTS) is 1. The number of carbonyl (C=O) groups is 1. The smallest absolute Gasteiger partial charge is 0.336 e. The number of aromatic amines is 1. The third kappa shape index (κ3) is 3.39. The normalized spacial score (nSPS) is 11.7. The molecule has 156 valence electrons. The zero-order chi connectivity index (χ0) is 21.5. The molecule has 31 heavy (non-hydrogen) atoms. The summed E-state index contributed by atoms with van der Waals surface area (Å²) in [5.41, 5.74) is 9.61. The molecular formula is C25H21ClN2O2S. The fraction of sp³-hybridized carbons (Fsp3) is 0.160. The van der Waals surface area contributed by atoms with E-state index in [1.807, 2.05) is 0 Å². The number of hydrogen-bond acceptors (Lipinski definition) is 3. The van der Waals surface area contributed by atoms with Gasteiger partial charge in [0.25, 0.3) is 0 Å². The Bertz CT molecular complexity index is 1450. The molecule has 0 aliphatic carbocycles. The molecule has 0 aliphatic heterocycles. The van der Waals surface area contributed by atoms with E-state index in [0.29, 0.717) is 22.5 Å². The van der Waals surface area contributed by atoms with E-state index in [-0.39, 0.29) is 5.56 Å². The van der Waals surface area contributed by atoms with E-state index in [2.05, 4.69) is 47.4 Å². The molecule has 0 saturated carbocycles. The molecule has 3 aromatic carbocycles. The first-order valence-corrected chi connectivity index (χ1v) is 11.5. The number of nitrogens with two attached hydrogens (primary N) is 1. The number of rotatable bonds is 6. The van der Waals surface area contributed by atoms with Gasteiger partial charge in [0.05, 0.1) is 16.1 Å². The van der Waals surface area contributed by atoms with Gasteiger partial charge in [0.2, 0.25) is 0 Å². The molecule has 0 amide bonds. The van der Waals surface area contributed by atoms with Gasteiger partial charge in [0.1, 0.15) is 0 Å². The molecule has 0 radical (unpaired) electrons. The molecule has 0 fully saturated rings. The lowest BCUT2D eigenvalue weighted by atomic mass is 9.97. The zero-order valence-electron chi connectivity index (χ0n) is 16.7. The van der Waals surface area contributed by atoms with Crippen molar-refractivity contribution < 1.29 is 9.90 Å². The molecule has 6 heteroatoms. The first-order chi connectivity index (χ1) is 15.1. The summed E-state index contributed by atoms with van der Waals surface area (Å²) in [6, 6.07) is 18.1. The van der Waals surface area contributed by atoms with Gasteiger partial charge in [-0.25, -0.2) is 4.79 Å². The largest absolute Gasteiger partial charge is 0.478 e. The molecule has 4 N–H and O–H groups in total. The van der Waals surface area contributed by atoms with Crippen LogP contribution in [0.25, 0.3) is 42.3 Å². The number of fused-ring (bicyclic) bond motifs is 4. The van der Waals surface area contributed by atoms with Crippen molar-refractivity contribution in [2.45, 2.75) is 19.3 Å². The molecule has 0 unspecified atom stereocenters. The number of H-pyrrole nitrogens is 1. The van der Waals surface area contributed by atoms with Crippen LogP contribution in [-0.4, -0.2) is 22.6 Å². The van der Waals surface area contributed by atoms with Crippen molar-refractivity contribution in [3.63, 3.8) is 0 Å². The molecule has 2 aromatic heterocycles. The fourth-order valence-corrected chi connectivity index (χ4v) is 5.63. The molecule has 4 nitrogen and oxygen atoms in total. The minimum absolute atomic E-state index is 0.270. The van der Waals surface area contributed by atoms with Crippen LogP contribution in [-0.2, 0) is 6.42 Å². The maximum Gasteiger partial charge on any atom is 0.336 e. The predicted octanol–water partition coefficient (Wildman–Crippen LogP) is 6.84. The van der Waals surface area contributed by atoms with Crippen LogP contribution < -0.4 is 5.73 Å². The lowest BCUT2D eigenvalue weighted by molar-refractivity contribution is 0.0699. The monoisotopic (exact) mass is 448 g/mol. The highest BCUT2D eigenvalue weighted by molar-refractivity contribution is 7.25. The van der Waals surface area contributed by atoms with E-state index in [1.165, 1.54) is 20.2 Å². The number of carboxylic acids is 1. The van der Waals surface area contributed by atoms with Crippen molar-refractivity contribution in [1.29, 1.82) is 0 Å². The Morgan fingerprint density at radius 2 is 1.84 bits per heavy atom. The van der Waals surface area contributed by atoms with Crippen molar-refractivity contribution in [3.8, 4) is 11.3 Å². The van der Waals surface area contributed by atoms with Crippen molar-refractivity contribution in [2.24, 2.45) is 5.73 Å². The Labute approximate surface area is 188 Å². The third-order valence-corrected chi connectivity index (χ3v) is 7.25. The Kier molecular flexibility index (Phi) is 5.18. The van der Waals surface area contributed by atoms with E-state index in [9.17, 15) is 9.90 Å². The number of nitrogens with one attached hydrogen (secondary N) is 1. The minimum Gasteiger partial charge on any atom is -0.478 e. The molecule has 0 bridgehead atoms. The van der Waals surface area contributed by atoms with Gasteiger partial charge >= 0.3 is 5.97 Å². The Morgan fingerprint density at radius 1 is 1.03 bits per heavy atom. The quantitative estimate of drug-likeness (QED) is 0.249. The highest BCUT2D eigenvalue weighted by Crippen LogP contribution is 2.40. The highest BCUT2D eigenvalue weighted by Gasteiger charge is 2.21. The first kappa shape index (κ1) is 20.1. The van der Waals surface area contributed by atoms with Gasteiger partial charge in [-0.15, -0.1) is 11.3 Å². The number of aromatic nitrogens is 1. The zero-order valence-corrected chi connectivity index (χ0v) is 18.3. The summed E-state index contributed by atoms with van der Waals surface area (Å²) in [5.74, 6) is -0.952. The van der Waals surface area contributed by atoms with E-state index >= 15 is 0 Å². The van der Waals surface area contributed by atoms with Gasteiger partial charge in [0, 0.05) is 31.3 Å². The van der Waals surface area contributed by atoms with Crippen LogP contribution in [0.1, 0.15) is 28.8 Å². The van der Waals surface area contributed by atoms with Crippen LogP contribution in [0, 0.1) is 0 Å². The van der Waals surface area contributed by atoms with Crippen molar-refractivity contribution in [1.82, 2.24) is 4.98 Å². The topological polar surface area (TPSA) is 79.1 Å². The minimum atomic E-state index is -0.952. The maximum absolute atomic E-state index is 12.0. The van der Waals surface area contributed by atoms with E-state index in [4.69, 9.17) is 17.3 Å². The van der Waals surface area contributed by atoms with Gasteiger partial charge in [0.15, 0.2) is 0 Å². The van der Waals surface area contributed by atoms with Crippen LogP contribution in [0.15, 0.2) is 54.6 Å². The summed E-state index contributed by atoms with van der Waals surface area (Å²) in [6.07, 6.45) is 2.49. The molecular weight excluding hydrogens is 428 g/mol. The SMILES string of the molecule is NCCCCc1c(-c2ccc3sc4ccccc4c3c2)[nH]c2c(Cl)ccc(C(=O)O)c12. The van der Waals surface area contributed by atoms with Gasteiger partial charge in [-0.1, -0.05) is 35.9 Å². The third-order valence-electron chi connectivity index (χ3n) is 5.78. The Morgan fingerprint density at radius 3 is 2.65 bits per heavy atom. The molecule has 0 atom stereocenters. The molecule has 5 rings (SSSR count). The van der Waals surface area contributed by atoms with E-state index in [1.54, 1.807) is 23.5 Å². The van der Waals surface area contributed by atoms with E-state index < -0.39 is 5.97 Å². The average Bonchev–Trinajstić information content (AvgIpc) is 3.33. The maximum atomic E-state index is 12.0. The second-order valence-electron chi connectivity index (χ2n) is 7.68. The number of benzene rings is 3. The Hall–Kier alpha value is -2.86. The summed E-state index contributed by atoms with van der Waals surface area (Å²) in [7, 11) is 0. The second kappa shape index (κ2) is 8.00. The number of unbranched alkanes of at least 4 members (excludes halogenated alkanes) is 1. The van der Waals surface area contributed by atoms with Gasteiger partial charge < -0.3 is 15.8 Å². The number of aromatic carboxylic acids is 1. The van der Waals surface area contributed by atoms with Crippen LogP contribution in [0.3, 0.4) is 0 Å². The van der Waals surface area contributed by atoms with E-state index in [0.717, 1.165) is 36.1 Å². The van der Waals surface area contributed by atoms with Crippen LogP contribution in [0.5, 0.6) is 0 Å². The van der Waals surface area contributed by atoms with Crippen LogP contribution in [0.2, 0.25) is 5.02 Å². The molecule has 2 heterocycles. The first-order valence-electron chi connectivity index (χ1n) is 10.3. The van der Waals surface area contributed by atoms with Gasteiger partial charge in [-0.05, 0) is 67.3 Å². The van der Waals surface area contributed by atoms with Crippen molar-refractivity contribution >= 4 is 60.0 Å². The van der Waals surface area contributed by atoms with Crippen molar-refractivity contribution in [2.75, 3.05) is 6.54 Å². The molecule has 5 aromatic rings. The second-order valence-corrected chi connectivity index (χ2v) is 9.17. The number of halogens is 1. The van der Waals surface area contributed by atoms with Crippen LogP contribution in [0.4, 0.5) is 0 Å². The lowest BCUT2D eigenvalue weighted by Gasteiger charge is -2.07. The lowest BCUT2D eigenvalue weighted by Crippen LogP contribution is -2.01. The fourth-order valence-electron chi connectivity index (χ4n) is 4.34. The summed E-state index contributed by atoms with van der Waals surface area (Å²) >= 11 is 8.26. The standard InChI is InChI=1S/C25H21ClN2O2S/c26-19-10-9-17(25(29)30)22-16(6-3-4-12-27)23(28-24(19)22)14-8-11-21-18(13-14)15-5-1-2-7-20(15)31-21/h1-2,5,7-11,13,28H,3-4,6,12,27H2,(H,29,30).